The maximum absolute atomic E-state index is 11.9. The minimum atomic E-state index is -3.30. The Bertz CT molecular complexity index is 583. The highest BCUT2D eigenvalue weighted by molar-refractivity contribution is 7.88. The second-order valence-corrected chi connectivity index (χ2v) is 5.78. The van der Waals surface area contributed by atoms with Gasteiger partial charge in [0.2, 0.25) is 10.0 Å². The van der Waals surface area contributed by atoms with E-state index in [0.717, 1.165) is 11.1 Å². The molecule has 0 aliphatic carbocycles. The van der Waals surface area contributed by atoms with E-state index < -0.39 is 10.0 Å². The third-order valence-electron chi connectivity index (χ3n) is 2.47. The summed E-state index contributed by atoms with van der Waals surface area (Å²) in [7, 11) is -3.30. The summed E-state index contributed by atoms with van der Waals surface area (Å²) in [5, 5.41) is 0. The lowest BCUT2D eigenvalue weighted by molar-refractivity contribution is -0.378. The fourth-order valence-electron chi connectivity index (χ4n) is 1.58. The highest BCUT2D eigenvalue weighted by Gasteiger charge is 2.11. The van der Waals surface area contributed by atoms with Crippen LogP contribution in [0.4, 0.5) is 0 Å². The molecule has 0 amide bonds. The van der Waals surface area contributed by atoms with Crippen LogP contribution >= 0.6 is 0 Å². The largest absolute Gasteiger partial charge is 0.218 e. The van der Waals surface area contributed by atoms with Gasteiger partial charge in [-0.25, -0.2) is 18.1 Å². The molecule has 5 heteroatoms. The summed E-state index contributed by atoms with van der Waals surface area (Å²) in [5.74, 6) is 0.00435. The monoisotopic (exact) mass is 263 g/mol. The van der Waals surface area contributed by atoms with Crippen LogP contribution in [0, 0.1) is 0 Å². The van der Waals surface area contributed by atoms with Crippen LogP contribution in [0.3, 0.4) is 0 Å². The van der Waals surface area contributed by atoms with Gasteiger partial charge in [0.25, 0.3) is 0 Å². The third-order valence-corrected chi connectivity index (χ3v) is 3.76. The summed E-state index contributed by atoms with van der Waals surface area (Å²) < 4.78 is 26.3. The predicted octanol–water partition coefficient (Wildman–Crippen LogP) is 1.12. The Morgan fingerprint density at radius 1 is 1.00 bits per heavy atom. The van der Waals surface area contributed by atoms with E-state index >= 15 is 0 Å². The van der Waals surface area contributed by atoms with Gasteiger partial charge in [0.1, 0.15) is 0 Å². The zero-order chi connectivity index (χ0) is 12.8. The SMILES string of the molecule is O=S(=O)(Cc1ccccc1)NCc1ccc[nH+]c1. The first-order valence-electron chi connectivity index (χ1n) is 5.62. The van der Waals surface area contributed by atoms with Gasteiger partial charge in [-0.1, -0.05) is 30.3 Å². The average Bonchev–Trinajstić information content (AvgIpc) is 2.38. The lowest BCUT2D eigenvalue weighted by Crippen LogP contribution is -2.25. The van der Waals surface area contributed by atoms with Crippen LogP contribution in [-0.2, 0) is 22.3 Å². The Morgan fingerprint density at radius 3 is 2.39 bits per heavy atom. The van der Waals surface area contributed by atoms with Gasteiger partial charge >= 0.3 is 0 Å². The van der Waals surface area contributed by atoms with Gasteiger partial charge in [-0.2, -0.15) is 0 Å². The zero-order valence-electron chi connectivity index (χ0n) is 9.84. The molecule has 1 heterocycles. The van der Waals surface area contributed by atoms with E-state index in [1.54, 1.807) is 24.5 Å². The van der Waals surface area contributed by atoms with Crippen LogP contribution in [0.5, 0.6) is 0 Å². The lowest BCUT2D eigenvalue weighted by Gasteiger charge is -2.05. The maximum Gasteiger partial charge on any atom is 0.216 e. The number of hydrogen-bond donors (Lipinski definition) is 1. The van der Waals surface area contributed by atoms with Crippen molar-refractivity contribution >= 4 is 10.0 Å². The molecule has 0 unspecified atom stereocenters. The molecule has 0 saturated heterocycles. The molecule has 4 nitrogen and oxygen atoms in total. The number of hydrogen-bond acceptors (Lipinski definition) is 2. The molecule has 0 bridgehead atoms. The first-order chi connectivity index (χ1) is 8.66. The van der Waals surface area contributed by atoms with E-state index in [2.05, 4.69) is 9.71 Å². The number of aromatic amines is 1. The number of aromatic nitrogens is 1. The van der Waals surface area contributed by atoms with Gasteiger partial charge in [0.05, 0.1) is 5.75 Å². The number of H-pyrrole nitrogens is 1. The van der Waals surface area contributed by atoms with Crippen molar-refractivity contribution in [1.82, 2.24) is 4.72 Å². The van der Waals surface area contributed by atoms with Crippen molar-refractivity contribution < 1.29 is 13.4 Å². The molecule has 18 heavy (non-hydrogen) atoms. The topological polar surface area (TPSA) is 60.3 Å². The Labute approximate surface area is 107 Å². The molecular weight excluding hydrogens is 248 g/mol. The molecule has 2 rings (SSSR count). The Balaban J connectivity index is 1.96. The fraction of sp³-hybridized carbons (Fsp3) is 0.154. The average molecular weight is 263 g/mol. The second-order valence-electron chi connectivity index (χ2n) is 3.98. The van der Waals surface area contributed by atoms with Crippen molar-refractivity contribution in [3.8, 4) is 0 Å². The van der Waals surface area contributed by atoms with E-state index in [1.807, 2.05) is 30.3 Å². The van der Waals surface area contributed by atoms with E-state index in [4.69, 9.17) is 0 Å². The third kappa shape index (κ3) is 3.94. The molecule has 0 aliphatic rings. The van der Waals surface area contributed by atoms with Gasteiger partial charge in [-0.15, -0.1) is 0 Å². The fourth-order valence-corrected chi connectivity index (χ4v) is 2.70. The van der Waals surface area contributed by atoms with Gasteiger partial charge in [0, 0.05) is 18.2 Å². The van der Waals surface area contributed by atoms with Crippen LogP contribution in [0.2, 0.25) is 0 Å². The number of nitrogens with one attached hydrogen (secondary N) is 2. The number of sulfonamides is 1. The van der Waals surface area contributed by atoms with E-state index in [0.29, 0.717) is 6.54 Å². The first kappa shape index (κ1) is 12.7. The Kier molecular flexibility index (Phi) is 4.07. The van der Waals surface area contributed by atoms with Gasteiger partial charge in [0.15, 0.2) is 12.4 Å². The van der Waals surface area contributed by atoms with Crippen molar-refractivity contribution in [3.63, 3.8) is 0 Å². The standard InChI is InChI=1S/C13H14N2O2S/c16-18(17,11-12-5-2-1-3-6-12)15-10-13-7-4-8-14-9-13/h1-9,15H,10-11H2/p+1. The van der Waals surface area contributed by atoms with E-state index in [9.17, 15) is 8.42 Å². The molecule has 2 N–H and O–H groups in total. The summed E-state index contributed by atoms with van der Waals surface area (Å²) in [6.45, 7) is 0.298. The molecule has 0 atom stereocenters. The number of rotatable bonds is 5. The van der Waals surface area contributed by atoms with Gasteiger partial charge < -0.3 is 0 Å². The van der Waals surface area contributed by atoms with E-state index in [1.165, 1.54) is 0 Å². The van der Waals surface area contributed by atoms with Crippen LogP contribution in [0.25, 0.3) is 0 Å². The summed E-state index contributed by atoms with van der Waals surface area (Å²) in [4.78, 5) is 2.91. The molecule has 0 saturated carbocycles. The molecule has 0 fully saturated rings. The van der Waals surface area contributed by atoms with Crippen LogP contribution in [-0.4, -0.2) is 8.42 Å². The predicted molar refractivity (Wildman–Crippen MR) is 68.9 cm³/mol. The summed E-state index contributed by atoms with van der Waals surface area (Å²) in [6, 6.07) is 12.8. The number of benzene rings is 1. The van der Waals surface area contributed by atoms with E-state index in [-0.39, 0.29) is 5.75 Å². The second kappa shape index (κ2) is 5.75. The molecule has 0 aliphatic heterocycles. The molecule has 1 aromatic carbocycles. The molecule has 1 aromatic heterocycles. The van der Waals surface area contributed by atoms with Crippen molar-refractivity contribution in [3.05, 3.63) is 66.0 Å². The van der Waals surface area contributed by atoms with Gasteiger partial charge in [-0.3, -0.25) is 0 Å². The van der Waals surface area contributed by atoms with Gasteiger partial charge in [-0.05, 0) is 11.6 Å². The highest BCUT2D eigenvalue weighted by atomic mass is 32.2. The highest BCUT2D eigenvalue weighted by Crippen LogP contribution is 2.04. The minimum absolute atomic E-state index is 0.00435. The molecule has 2 aromatic rings. The molecular formula is C13H15N2O2S+. The van der Waals surface area contributed by atoms with Crippen LogP contribution in [0.15, 0.2) is 54.9 Å². The molecule has 94 valence electrons. The summed E-state index contributed by atoms with van der Waals surface area (Å²) >= 11 is 0. The van der Waals surface area contributed by atoms with Crippen LogP contribution in [0.1, 0.15) is 11.1 Å². The Hall–Kier alpha value is -1.72. The molecule has 0 spiro atoms. The normalized spacial score (nSPS) is 11.3. The minimum Gasteiger partial charge on any atom is -0.218 e. The first-order valence-corrected chi connectivity index (χ1v) is 7.27. The summed E-state index contributed by atoms with van der Waals surface area (Å²) in [5.41, 5.74) is 1.68. The maximum atomic E-state index is 11.9. The quantitative estimate of drug-likeness (QED) is 0.878. The van der Waals surface area contributed by atoms with Crippen LogP contribution < -0.4 is 9.71 Å². The Morgan fingerprint density at radius 2 is 1.72 bits per heavy atom. The number of pyridine rings is 1. The van der Waals surface area contributed by atoms with Crippen molar-refractivity contribution in [2.75, 3.05) is 0 Å². The smallest absolute Gasteiger partial charge is 0.216 e. The summed E-state index contributed by atoms with van der Waals surface area (Å²) in [6.07, 6.45) is 3.55. The van der Waals surface area contributed by atoms with Crippen molar-refractivity contribution in [2.45, 2.75) is 12.3 Å². The molecule has 0 radical (unpaired) electrons. The zero-order valence-corrected chi connectivity index (χ0v) is 10.7. The van der Waals surface area contributed by atoms with Crippen molar-refractivity contribution in [1.29, 1.82) is 0 Å². The van der Waals surface area contributed by atoms with Crippen molar-refractivity contribution in [2.24, 2.45) is 0 Å². The lowest BCUT2D eigenvalue weighted by atomic mass is 10.2.